The second-order valence-electron chi connectivity index (χ2n) is 6.35. The molecule has 2 amide bonds. The van der Waals surface area contributed by atoms with Gasteiger partial charge in [0.25, 0.3) is 11.8 Å². The summed E-state index contributed by atoms with van der Waals surface area (Å²) in [7, 11) is 1.59. The Bertz CT molecular complexity index is 1030. The number of nitrogens with one attached hydrogen (secondary N) is 2. The number of amides is 2. The second-order valence-corrected chi connectivity index (χ2v) is 6.35. The molecule has 3 aromatic carbocycles. The van der Waals surface area contributed by atoms with Gasteiger partial charge in [0.2, 0.25) is 0 Å². The van der Waals surface area contributed by atoms with E-state index in [1.807, 2.05) is 54.6 Å². The Hall–Kier alpha value is -3.80. The average molecular weight is 390 g/mol. The topological polar surface area (TPSA) is 76.7 Å². The smallest absolute Gasteiger partial charge is 0.279 e. The molecule has 0 heterocycles. The normalized spacial score (nSPS) is 11.8. The summed E-state index contributed by atoms with van der Waals surface area (Å²) in [5.74, 6) is 0.410. The highest BCUT2D eigenvalue weighted by atomic mass is 16.5. The van der Waals surface area contributed by atoms with Crippen LogP contribution in [-0.2, 0) is 9.59 Å². The Labute approximate surface area is 169 Å². The van der Waals surface area contributed by atoms with E-state index in [4.69, 9.17) is 9.47 Å². The zero-order valence-electron chi connectivity index (χ0n) is 16.2. The molecule has 1 atom stereocenters. The number of methoxy groups -OCH3 is 1. The van der Waals surface area contributed by atoms with Gasteiger partial charge < -0.3 is 9.47 Å². The van der Waals surface area contributed by atoms with Crippen LogP contribution in [0.25, 0.3) is 16.8 Å². The van der Waals surface area contributed by atoms with Crippen molar-refractivity contribution in [2.45, 2.75) is 13.0 Å². The van der Waals surface area contributed by atoms with E-state index in [0.717, 1.165) is 22.1 Å². The van der Waals surface area contributed by atoms with Crippen molar-refractivity contribution in [3.05, 3.63) is 78.4 Å². The van der Waals surface area contributed by atoms with Gasteiger partial charge >= 0.3 is 0 Å². The molecule has 3 aromatic rings. The SMILES string of the molecule is COc1ccc(C=CC(=O)NNC(=O)C(C)Oc2ccc3ccccc3c2)cc1. The van der Waals surface area contributed by atoms with Crippen LogP contribution in [0.2, 0.25) is 0 Å². The van der Waals surface area contributed by atoms with Crippen LogP contribution >= 0.6 is 0 Å². The summed E-state index contributed by atoms with van der Waals surface area (Å²) in [6.07, 6.45) is 2.19. The quantitative estimate of drug-likeness (QED) is 0.499. The van der Waals surface area contributed by atoms with Gasteiger partial charge in [-0.05, 0) is 53.6 Å². The van der Waals surface area contributed by atoms with Crippen molar-refractivity contribution in [1.29, 1.82) is 0 Å². The number of carbonyl (C=O) groups excluding carboxylic acids is 2. The molecule has 0 spiro atoms. The van der Waals surface area contributed by atoms with E-state index < -0.39 is 17.9 Å². The molecule has 2 N–H and O–H groups in total. The fourth-order valence-electron chi connectivity index (χ4n) is 2.65. The van der Waals surface area contributed by atoms with Crippen LogP contribution in [0.4, 0.5) is 0 Å². The number of fused-ring (bicyclic) bond motifs is 1. The van der Waals surface area contributed by atoms with E-state index in [1.165, 1.54) is 6.08 Å². The van der Waals surface area contributed by atoms with Crippen molar-refractivity contribution >= 4 is 28.7 Å². The summed E-state index contributed by atoms with van der Waals surface area (Å²) in [6.45, 7) is 1.61. The maximum absolute atomic E-state index is 12.2. The van der Waals surface area contributed by atoms with Crippen LogP contribution in [0.15, 0.2) is 72.8 Å². The summed E-state index contributed by atoms with van der Waals surface area (Å²) in [5.41, 5.74) is 5.53. The maximum atomic E-state index is 12.2. The van der Waals surface area contributed by atoms with Crippen LogP contribution in [0.3, 0.4) is 0 Å². The molecule has 0 bridgehead atoms. The fraction of sp³-hybridized carbons (Fsp3) is 0.130. The van der Waals surface area contributed by atoms with Gasteiger partial charge in [-0.25, -0.2) is 0 Å². The first kappa shape index (κ1) is 19.9. The molecule has 0 aliphatic carbocycles. The minimum Gasteiger partial charge on any atom is -0.497 e. The molecule has 0 saturated heterocycles. The average Bonchev–Trinajstić information content (AvgIpc) is 2.76. The molecule has 0 aliphatic heterocycles. The van der Waals surface area contributed by atoms with Crippen LogP contribution in [-0.4, -0.2) is 25.0 Å². The van der Waals surface area contributed by atoms with Gasteiger partial charge in [-0.3, -0.25) is 20.4 Å². The molecular formula is C23H22N2O4. The number of carbonyl (C=O) groups is 2. The van der Waals surface area contributed by atoms with Crippen molar-refractivity contribution in [3.63, 3.8) is 0 Å². The summed E-state index contributed by atoms with van der Waals surface area (Å²) in [5, 5.41) is 2.11. The van der Waals surface area contributed by atoms with E-state index in [0.29, 0.717) is 5.75 Å². The molecule has 6 nitrogen and oxygen atoms in total. The van der Waals surface area contributed by atoms with Crippen molar-refractivity contribution in [2.24, 2.45) is 0 Å². The van der Waals surface area contributed by atoms with E-state index in [-0.39, 0.29) is 0 Å². The molecule has 3 rings (SSSR count). The molecule has 148 valence electrons. The summed E-state index contributed by atoms with van der Waals surface area (Å²) >= 11 is 0. The monoisotopic (exact) mass is 390 g/mol. The Morgan fingerprint density at radius 1 is 0.897 bits per heavy atom. The number of ether oxygens (including phenoxy) is 2. The molecule has 6 heteroatoms. The van der Waals surface area contributed by atoms with Crippen molar-refractivity contribution < 1.29 is 19.1 Å². The lowest BCUT2D eigenvalue weighted by atomic mass is 10.1. The third-order valence-corrected chi connectivity index (χ3v) is 4.25. The summed E-state index contributed by atoms with van der Waals surface area (Å²) in [6, 6.07) is 20.7. The van der Waals surface area contributed by atoms with Gasteiger partial charge in [0.15, 0.2) is 6.10 Å². The molecule has 0 saturated carbocycles. The molecule has 0 aliphatic rings. The van der Waals surface area contributed by atoms with E-state index >= 15 is 0 Å². The Morgan fingerprint density at radius 3 is 2.31 bits per heavy atom. The zero-order chi connectivity index (χ0) is 20.6. The first-order chi connectivity index (χ1) is 14.0. The highest BCUT2D eigenvalue weighted by Gasteiger charge is 2.15. The van der Waals surface area contributed by atoms with Gasteiger partial charge in [0.1, 0.15) is 11.5 Å². The number of hydrazine groups is 1. The standard InChI is InChI=1S/C23H22N2O4/c1-16(29-21-13-10-18-5-3-4-6-19(18)15-21)23(27)25-24-22(26)14-9-17-7-11-20(28-2)12-8-17/h3-16H,1-2H3,(H,24,26)(H,25,27). The van der Waals surface area contributed by atoms with Crippen LogP contribution in [0, 0.1) is 0 Å². The van der Waals surface area contributed by atoms with Gasteiger partial charge in [0, 0.05) is 6.08 Å². The predicted octanol–water partition coefficient (Wildman–Crippen LogP) is 3.48. The van der Waals surface area contributed by atoms with Gasteiger partial charge in [-0.1, -0.05) is 42.5 Å². The third-order valence-electron chi connectivity index (χ3n) is 4.25. The second kappa shape index (κ2) is 9.41. The maximum Gasteiger partial charge on any atom is 0.279 e. The Morgan fingerprint density at radius 2 is 1.59 bits per heavy atom. The molecule has 0 aromatic heterocycles. The number of rotatable bonds is 6. The lowest BCUT2D eigenvalue weighted by Gasteiger charge is -2.15. The fourth-order valence-corrected chi connectivity index (χ4v) is 2.65. The number of hydrogen-bond donors (Lipinski definition) is 2. The first-order valence-electron chi connectivity index (χ1n) is 9.12. The molecule has 0 fully saturated rings. The third kappa shape index (κ3) is 5.59. The van der Waals surface area contributed by atoms with Gasteiger partial charge in [-0.15, -0.1) is 0 Å². The summed E-state index contributed by atoms with van der Waals surface area (Å²) in [4.78, 5) is 24.1. The largest absolute Gasteiger partial charge is 0.497 e. The predicted molar refractivity (Wildman–Crippen MR) is 112 cm³/mol. The van der Waals surface area contributed by atoms with Crippen LogP contribution in [0.5, 0.6) is 11.5 Å². The molecule has 29 heavy (non-hydrogen) atoms. The minimum absolute atomic E-state index is 0.452. The number of benzene rings is 3. The van der Waals surface area contributed by atoms with Crippen molar-refractivity contribution in [2.75, 3.05) is 7.11 Å². The van der Waals surface area contributed by atoms with Crippen molar-refractivity contribution in [1.82, 2.24) is 10.9 Å². The number of hydrogen-bond acceptors (Lipinski definition) is 4. The first-order valence-corrected chi connectivity index (χ1v) is 9.12. The highest BCUT2D eigenvalue weighted by molar-refractivity contribution is 5.93. The lowest BCUT2D eigenvalue weighted by Crippen LogP contribution is -2.46. The zero-order valence-corrected chi connectivity index (χ0v) is 16.2. The molecule has 1 unspecified atom stereocenters. The molecular weight excluding hydrogens is 368 g/mol. The lowest BCUT2D eigenvalue weighted by molar-refractivity contribution is -0.131. The highest BCUT2D eigenvalue weighted by Crippen LogP contribution is 2.21. The van der Waals surface area contributed by atoms with Crippen molar-refractivity contribution in [3.8, 4) is 11.5 Å². The molecule has 0 radical (unpaired) electrons. The summed E-state index contributed by atoms with van der Waals surface area (Å²) < 4.78 is 10.8. The minimum atomic E-state index is -0.776. The Balaban J connectivity index is 1.49. The van der Waals surface area contributed by atoms with Gasteiger partial charge in [-0.2, -0.15) is 0 Å². The van der Waals surface area contributed by atoms with E-state index in [9.17, 15) is 9.59 Å². The van der Waals surface area contributed by atoms with E-state index in [2.05, 4.69) is 10.9 Å². The van der Waals surface area contributed by atoms with E-state index in [1.54, 1.807) is 32.2 Å². The van der Waals surface area contributed by atoms with Crippen LogP contribution < -0.4 is 20.3 Å². The van der Waals surface area contributed by atoms with Gasteiger partial charge in [0.05, 0.1) is 7.11 Å². The Kier molecular flexibility index (Phi) is 6.47. The van der Waals surface area contributed by atoms with Crippen LogP contribution in [0.1, 0.15) is 12.5 Å².